The number of benzene rings is 1. The Kier molecular flexibility index (Phi) is 5.94. The van der Waals surface area contributed by atoms with Crippen LogP contribution < -0.4 is 5.32 Å². The maximum atomic E-state index is 12.0. The molecule has 0 bridgehead atoms. The van der Waals surface area contributed by atoms with E-state index < -0.39 is 5.60 Å². The highest BCUT2D eigenvalue weighted by Gasteiger charge is 2.19. The minimum Gasteiger partial charge on any atom is -0.452 e. The number of hydrogen-bond donors (Lipinski definition) is 1. The van der Waals surface area contributed by atoms with Crippen molar-refractivity contribution in [3.63, 3.8) is 0 Å². The van der Waals surface area contributed by atoms with Crippen LogP contribution in [-0.2, 0) is 17.8 Å². The van der Waals surface area contributed by atoms with Gasteiger partial charge in [-0.25, -0.2) is 4.79 Å². The average molecular weight is 395 g/mol. The number of hydrogen-bond acceptors (Lipinski definition) is 4. The Morgan fingerprint density at radius 1 is 1.29 bits per heavy atom. The molecule has 1 N–H and O–H groups in total. The third-order valence-electron chi connectivity index (χ3n) is 3.15. The van der Waals surface area contributed by atoms with Gasteiger partial charge >= 0.3 is 6.09 Å². The average Bonchev–Trinajstić information content (AvgIpc) is 2.89. The number of carbonyl (C=O) groups excluding carboxylic acids is 1. The predicted octanol–water partition coefficient (Wildman–Crippen LogP) is 5.02. The molecule has 0 fully saturated rings. The first kappa shape index (κ1) is 18.4. The minimum absolute atomic E-state index is 0.332. The van der Waals surface area contributed by atoms with Gasteiger partial charge in [0.2, 0.25) is 0 Å². The summed E-state index contributed by atoms with van der Waals surface area (Å²) in [5.74, 6) is 0.846. The Morgan fingerprint density at radius 3 is 2.67 bits per heavy atom. The quantitative estimate of drug-likeness (QED) is 0.772. The van der Waals surface area contributed by atoms with E-state index in [1.54, 1.807) is 11.9 Å². The van der Waals surface area contributed by atoms with Crippen LogP contribution in [0.1, 0.15) is 32.1 Å². The molecule has 0 atom stereocenters. The molecule has 0 aliphatic rings. The van der Waals surface area contributed by atoms with Crippen molar-refractivity contribution in [2.75, 3.05) is 12.4 Å². The lowest BCUT2D eigenvalue weighted by Crippen LogP contribution is -2.33. The summed E-state index contributed by atoms with van der Waals surface area (Å²) < 4.78 is 11.5. The fourth-order valence-corrected chi connectivity index (χ4v) is 2.43. The van der Waals surface area contributed by atoms with Gasteiger partial charge in [0.05, 0.1) is 6.54 Å². The van der Waals surface area contributed by atoms with E-state index in [-0.39, 0.29) is 6.09 Å². The molecule has 1 aromatic carbocycles. The summed E-state index contributed by atoms with van der Waals surface area (Å²) in [7, 11) is 1.73. The first-order valence-electron chi connectivity index (χ1n) is 7.74. The number of anilines is 1. The van der Waals surface area contributed by atoms with Gasteiger partial charge in [0.1, 0.15) is 11.4 Å². The van der Waals surface area contributed by atoms with Crippen LogP contribution in [0.15, 0.2) is 45.5 Å². The van der Waals surface area contributed by atoms with Gasteiger partial charge in [0, 0.05) is 19.3 Å². The SMILES string of the molecule is CN(Cc1cccc(NCc2ccc(Br)o2)c1)C(=O)OC(C)(C)C. The smallest absolute Gasteiger partial charge is 0.410 e. The maximum Gasteiger partial charge on any atom is 0.410 e. The summed E-state index contributed by atoms with van der Waals surface area (Å²) in [5, 5.41) is 3.31. The molecule has 1 aromatic heterocycles. The molecule has 6 heteroatoms. The van der Waals surface area contributed by atoms with Crippen molar-refractivity contribution in [1.82, 2.24) is 4.90 Å². The van der Waals surface area contributed by atoms with Gasteiger partial charge in [0.15, 0.2) is 4.67 Å². The molecule has 1 amide bonds. The lowest BCUT2D eigenvalue weighted by molar-refractivity contribution is 0.0285. The van der Waals surface area contributed by atoms with Gasteiger partial charge in [-0.2, -0.15) is 0 Å². The summed E-state index contributed by atoms with van der Waals surface area (Å²) in [4.78, 5) is 13.6. The summed E-state index contributed by atoms with van der Waals surface area (Å²) >= 11 is 3.29. The minimum atomic E-state index is -0.494. The number of halogens is 1. The monoisotopic (exact) mass is 394 g/mol. The lowest BCUT2D eigenvalue weighted by Gasteiger charge is -2.24. The molecular formula is C18H23BrN2O3. The standard InChI is InChI=1S/C18H23BrN2O3/c1-18(2,3)24-17(22)21(4)12-13-6-5-7-14(10-13)20-11-15-8-9-16(19)23-15/h5-10,20H,11-12H2,1-4H3. The van der Waals surface area contributed by atoms with E-state index in [0.29, 0.717) is 17.8 Å². The van der Waals surface area contributed by atoms with E-state index in [0.717, 1.165) is 17.0 Å². The van der Waals surface area contributed by atoms with Crippen molar-refractivity contribution in [2.24, 2.45) is 0 Å². The molecule has 2 rings (SSSR count). The Balaban J connectivity index is 1.93. The first-order valence-corrected chi connectivity index (χ1v) is 8.53. The van der Waals surface area contributed by atoms with Crippen molar-refractivity contribution in [1.29, 1.82) is 0 Å². The largest absolute Gasteiger partial charge is 0.452 e. The highest BCUT2D eigenvalue weighted by Crippen LogP contribution is 2.18. The molecule has 24 heavy (non-hydrogen) atoms. The van der Waals surface area contributed by atoms with E-state index in [1.807, 2.05) is 57.2 Å². The first-order chi connectivity index (χ1) is 11.2. The molecule has 1 heterocycles. The van der Waals surface area contributed by atoms with Gasteiger partial charge < -0.3 is 19.4 Å². The number of rotatable bonds is 5. The predicted molar refractivity (Wildman–Crippen MR) is 97.9 cm³/mol. The summed E-state index contributed by atoms with van der Waals surface area (Å²) in [6, 6.07) is 11.7. The van der Waals surface area contributed by atoms with Crippen LogP contribution in [0.25, 0.3) is 0 Å². The molecule has 0 spiro atoms. The number of nitrogens with zero attached hydrogens (tertiary/aromatic N) is 1. The molecular weight excluding hydrogens is 372 g/mol. The zero-order valence-corrected chi connectivity index (χ0v) is 16.0. The fourth-order valence-electron chi connectivity index (χ4n) is 2.09. The Bertz CT molecular complexity index is 692. The van der Waals surface area contributed by atoms with E-state index >= 15 is 0 Å². The fraction of sp³-hybridized carbons (Fsp3) is 0.389. The van der Waals surface area contributed by atoms with Crippen LogP contribution in [-0.4, -0.2) is 23.6 Å². The molecule has 0 unspecified atom stereocenters. The van der Waals surface area contributed by atoms with Crippen LogP contribution in [0.2, 0.25) is 0 Å². The molecule has 130 valence electrons. The summed E-state index contributed by atoms with van der Waals surface area (Å²) in [6.07, 6.45) is -0.332. The topological polar surface area (TPSA) is 54.7 Å². The Morgan fingerprint density at radius 2 is 2.04 bits per heavy atom. The second-order valence-electron chi connectivity index (χ2n) is 6.60. The summed E-state index contributed by atoms with van der Waals surface area (Å²) in [6.45, 7) is 6.65. The van der Waals surface area contributed by atoms with Crippen molar-refractivity contribution in [2.45, 2.75) is 39.5 Å². The molecule has 0 aliphatic carbocycles. The Labute approximate surface area is 151 Å². The van der Waals surface area contributed by atoms with Gasteiger partial charge in [-0.1, -0.05) is 12.1 Å². The summed E-state index contributed by atoms with van der Waals surface area (Å²) in [5.41, 5.74) is 1.50. The van der Waals surface area contributed by atoms with Crippen molar-refractivity contribution in [3.05, 3.63) is 52.4 Å². The molecule has 0 aliphatic heterocycles. The highest BCUT2D eigenvalue weighted by molar-refractivity contribution is 9.10. The highest BCUT2D eigenvalue weighted by atomic mass is 79.9. The van der Waals surface area contributed by atoms with Crippen molar-refractivity contribution >= 4 is 27.7 Å². The normalized spacial score (nSPS) is 11.2. The van der Waals surface area contributed by atoms with Crippen LogP contribution in [0.5, 0.6) is 0 Å². The number of ether oxygens (including phenoxy) is 1. The van der Waals surface area contributed by atoms with E-state index in [2.05, 4.69) is 21.2 Å². The molecule has 5 nitrogen and oxygen atoms in total. The number of nitrogens with one attached hydrogen (secondary N) is 1. The third-order valence-corrected chi connectivity index (χ3v) is 3.57. The van der Waals surface area contributed by atoms with Crippen molar-refractivity contribution < 1.29 is 13.9 Å². The van der Waals surface area contributed by atoms with E-state index in [1.165, 1.54) is 0 Å². The van der Waals surface area contributed by atoms with Gasteiger partial charge in [-0.15, -0.1) is 0 Å². The van der Waals surface area contributed by atoms with Gasteiger partial charge in [0.25, 0.3) is 0 Å². The van der Waals surface area contributed by atoms with Gasteiger partial charge in [-0.3, -0.25) is 0 Å². The Hall–Kier alpha value is -1.95. The molecule has 0 radical (unpaired) electrons. The van der Waals surface area contributed by atoms with Gasteiger partial charge in [-0.05, 0) is 66.5 Å². The molecule has 2 aromatic rings. The zero-order valence-electron chi connectivity index (χ0n) is 14.4. The maximum absolute atomic E-state index is 12.0. The third kappa shape index (κ3) is 5.92. The zero-order chi connectivity index (χ0) is 17.7. The van der Waals surface area contributed by atoms with Crippen LogP contribution in [0.4, 0.5) is 10.5 Å². The molecule has 0 saturated carbocycles. The van der Waals surface area contributed by atoms with Crippen molar-refractivity contribution in [3.8, 4) is 0 Å². The second kappa shape index (κ2) is 7.75. The van der Waals surface area contributed by atoms with Crippen LogP contribution in [0, 0.1) is 0 Å². The van der Waals surface area contributed by atoms with Crippen LogP contribution in [0.3, 0.4) is 0 Å². The van der Waals surface area contributed by atoms with E-state index in [4.69, 9.17) is 9.15 Å². The van der Waals surface area contributed by atoms with Crippen LogP contribution >= 0.6 is 15.9 Å². The number of amides is 1. The second-order valence-corrected chi connectivity index (χ2v) is 7.38. The lowest BCUT2D eigenvalue weighted by atomic mass is 10.2. The number of carbonyl (C=O) groups is 1. The van der Waals surface area contributed by atoms with E-state index in [9.17, 15) is 4.79 Å². The number of furan rings is 1. The molecule has 0 saturated heterocycles.